The largest absolute Gasteiger partial charge is 0.396 e. The molecule has 12 heterocycles. The zero-order valence-corrected chi connectivity index (χ0v) is 85.1. The topological polar surface area (TPSA) is 528 Å². The average Bonchev–Trinajstić information content (AvgIpc) is 1.70. The predicted molar refractivity (Wildman–Crippen MR) is 553 cm³/mol. The Morgan fingerprint density at radius 1 is 0.400 bits per heavy atom. The van der Waals surface area contributed by atoms with E-state index in [0.717, 1.165) is 122 Å². The van der Waals surface area contributed by atoms with Crippen molar-refractivity contribution in [3.05, 3.63) is 186 Å². The highest BCUT2D eigenvalue weighted by Gasteiger charge is 2.39. The molecule has 12 aromatic heterocycles. The van der Waals surface area contributed by atoms with Gasteiger partial charge >= 0.3 is 0 Å². The average molecular weight is 2000 g/mol. The van der Waals surface area contributed by atoms with Gasteiger partial charge in [-0.25, -0.2) is 19.9 Å². The van der Waals surface area contributed by atoms with Crippen molar-refractivity contribution in [1.29, 1.82) is 0 Å². The predicted octanol–water partition coefficient (Wildman–Crippen LogP) is 10.7. The van der Waals surface area contributed by atoms with E-state index in [0.29, 0.717) is 134 Å². The number of ether oxygens (including phenoxy) is 5. The number of nitrogens with zero attached hydrogens (tertiary/aromatic N) is 16. The Morgan fingerprint density at radius 3 is 0.966 bits per heavy atom. The molecule has 4 amide bonds. The first kappa shape index (κ1) is 106. The van der Waals surface area contributed by atoms with Crippen molar-refractivity contribution in [3.63, 3.8) is 0 Å². The summed E-state index contributed by atoms with van der Waals surface area (Å²) in [6.07, 6.45) is 30.8. The lowest BCUT2D eigenvalue weighted by molar-refractivity contribution is -0.0326. The van der Waals surface area contributed by atoms with Gasteiger partial charge in [0.15, 0.2) is 22.6 Å². The van der Waals surface area contributed by atoms with Crippen molar-refractivity contribution in [3.8, 4) is 0 Å². The van der Waals surface area contributed by atoms with Crippen molar-refractivity contribution >= 4 is 116 Å². The Bertz CT molecular complexity index is 6640. The van der Waals surface area contributed by atoms with E-state index in [1.165, 1.54) is 38.3 Å². The van der Waals surface area contributed by atoms with Gasteiger partial charge in [-0.2, -0.15) is 38.5 Å². The van der Waals surface area contributed by atoms with E-state index in [2.05, 4.69) is 118 Å². The Hall–Kier alpha value is -13.8. The molecule has 0 aliphatic heterocycles. The summed E-state index contributed by atoms with van der Waals surface area (Å²) in [6, 6.07) is 21.4. The number of amides is 4. The second kappa shape index (κ2) is 46.1. The van der Waals surface area contributed by atoms with Crippen molar-refractivity contribution in [2.45, 2.75) is 242 Å². The third kappa shape index (κ3) is 24.1. The fourth-order valence-electron chi connectivity index (χ4n) is 19.1. The van der Waals surface area contributed by atoms with E-state index in [1.807, 2.05) is 76.7 Å². The molecule has 12 aromatic rings. The van der Waals surface area contributed by atoms with Crippen LogP contribution in [0.15, 0.2) is 142 Å². The van der Waals surface area contributed by atoms with Gasteiger partial charge in [-0.05, 0) is 191 Å². The number of nitrogens with one attached hydrogen (secondary N) is 12. The van der Waals surface area contributed by atoms with Gasteiger partial charge in [0.05, 0.1) is 72.5 Å². The summed E-state index contributed by atoms with van der Waals surface area (Å²) in [7, 11) is 15.6. The number of aliphatic hydroxyl groups excluding tert-OH is 3. The minimum atomic E-state index is -0.526. The highest BCUT2D eigenvalue weighted by Crippen LogP contribution is 2.40. The third-order valence-corrected chi connectivity index (χ3v) is 29.0. The van der Waals surface area contributed by atoms with Gasteiger partial charge in [0.25, 0.3) is 45.9 Å². The number of aromatic nitrogens is 16. The molecule has 0 saturated heterocycles. The first-order chi connectivity index (χ1) is 69.7. The first-order valence-electron chi connectivity index (χ1n) is 49.6. The number of carbonyl (C=O) groups is 4. The van der Waals surface area contributed by atoms with E-state index in [4.69, 9.17) is 23.7 Å². The summed E-state index contributed by atoms with van der Waals surface area (Å²) in [5, 5.41) is 82.5. The molecule has 0 spiro atoms. The molecule has 44 heteroatoms. The number of hydrogen-bond donors (Lipinski definition) is 15. The van der Waals surface area contributed by atoms with Gasteiger partial charge in [0, 0.05) is 174 Å². The van der Waals surface area contributed by atoms with Crippen molar-refractivity contribution in [2.75, 3.05) is 133 Å². The maximum atomic E-state index is 13.4. The zero-order valence-electron chi connectivity index (χ0n) is 85.1. The Balaban J connectivity index is 0.000000145. The molecular weight excluding hydrogens is 1860 g/mol. The molecule has 0 aromatic carbocycles. The second-order valence-electron chi connectivity index (χ2n) is 40.1. The van der Waals surface area contributed by atoms with Crippen LogP contribution in [-0.4, -0.2) is 253 Å². The lowest BCUT2D eigenvalue weighted by atomic mass is 9.83. The highest BCUT2D eigenvalue weighted by molar-refractivity contribution is 6.02. The van der Waals surface area contributed by atoms with Crippen LogP contribution in [0.5, 0.6) is 0 Å². The normalized spacial score (nSPS) is 22.0. The van der Waals surface area contributed by atoms with E-state index < -0.39 is 16.9 Å². The molecule has 0 bridgehead atoms. The molecule has 8 atom stereocenters. The number of carbonyl (C=O) groups excluding carboxylic acids is 4. The SMILES string of the molecule is CNc1cc(Nc2cccn(C3CCC(C)(OC)CC3)c2=O)nc2c(C(=O)N[C@@H]3CC[C@H]3O)cnn12.CNc1cc(Nc2cccn(C3CCC(C)(OC)CC3)c2=O)nc2c(C(=O)N[C@@H]3CC[C@H]3OC)cnn12.CNc1cc(Nc2cccn([C@@H]3CCC[C@H](OC)C3)c2=O)nc2c(C(=O)NCC(C)(C)CO)cnn12.CNc1cc(Nc2cccn([C@H]3CCC[C@H](OC)C3)c2=O)nc2c(C(=O)NCC(C)(C)CO)cnn12. The van der Waals surface area contributed by atoms with Gasteiger partial charge in [-0.15, -0.1) is 0 Å². The minimum absolute atomic E-state index is 0.0245. The Morgan fingerprint density at radius 2 is 0.703 bits per heavy atom. The molecule has 0 unspecified atom stereocenters. The van der Waals surface area contributed by atoms with Crippen LogP contribution < -0.4 is 86.0 Å². The monoisotopic (exact) mass is 2000 g/mol. The molecule has 44 nitrogen and oxygen atoms in total. The Kier molecular flexibility index (Phi) is 33.5. The fraction of sp³-hybridized carbons (Fsp3) is 0.525. The van der Waals surface area contributed by atoms with Crippen LogP contribution in [0.1, 0.15) is 236 Å². The first-order valence-corrected chi connectivity index (χ1v) is 49.6. The molecule has 18 rings (SSSR count). The number of aliphatic hydroxyl groups is 3. The van der Waals surface area contributed by atoms with Gasteiger partial charge in [0.1, 0.15) is 91.5 Å². The van der Waals surface area contributed by atoms with Crippen LogP contribution in [0.25, 0.3) is 22.6 Å². The third-order valence-electron chi connectivity index (χ3n) is 29.0. The number of anilines is 12. The second-order valence-corrected chi connectivity index (χ2v) is 40.1. The maximum absolute atomic E-state index is 13.4. The molecule has 6 saturated carbocycles. The summed E-state index contributed by atoms with van der Waals surface area (Å²) in [6.45, 7) is 12.2. The van der Waals surface area contributed by atoms with Crippen LogP contribution in [0.2, 0.25) is 0 Å². The van der Waals surface area contributed by atoms with Crippen molar-refractivity contribution in [2.24, 2.45) is 10.8 Å². The highest BCUT2D eigenvalue weighted by atomic mass is 16.5. The minimum Gasteiger partial charge on any atom is -0.396 e. The fourth-order valence-corrected chi connectivity index (χ4v) is 19.1. The molecule has 6 fully saturated rings. The van der Waals surface area contributed by atoms with Crippen molar-refractivity contribution in [1.82, 2.24) is 97.9 Å². The van der Waals surface area contributed by atoms with Crippen LogP contribution >= 0.6 is 0 Å². The molecule has 6 aliphatic rings. The number of pyridine rings is 4. The van der Waals surface area contributed by atoms with E-state index >= 15 is 0 Å². The van der Waals surface area contributed by atoms with Gasteiger partial charge in [0.2, 0.25) is 0 Å². The molecule has 145 heavy (non-hydrogen) atoms. The van der Waals surface area contributed by atoms with Crippen LogP contribution in [0, 0.1) is 10.8 Å². The summed E-state index contributed by atoms with van der Waals surface area (Å²) in [4.78, 5) is 124. The van der Waals surface area contributed by atoms with Crippen molar-refractivity contribution < 1.29 is 58.2 Å². The molecule has 0 radical (unpaired) electrons. The smallest absolute Gasteiger partial charge is 0.274 e. The molecule has 15 N–H and O–H groups in total. The molecular formula is C101H138N28O16. The number of fused-ring (bicyclic) bond motifs is 4. The van der Waals surface area contributed by atoms with Crippen LogP contribution in [0.3, 0.4) is 0 Å². The standard InChI is InChI=1S/C26H35N7O4.C25H33N7O4.2C25H35N7O4/c1-26(37-4)11-9-16(10-12-26)32-13-5-6-19(25(32)35)29-21-14-22(27-2)33-23(31-21)17(15-28-33)24(34)30-18-7-8-20(18)36-3;1-25(36-3)10-8-15(9-11-25)31-12-4-5-18(24(31)35)28-20-13-21(26-2)32-22(30-20)16(14-27-32)23(34)29-17-6-7-19(17)33;2*1-25(2,15-33)14-27-23(34)18-13-28-32-21(26-3)12-20(30-22(18)32)29-19-9-6-10-31(24(19)35)16-7-5-8-17(11-16)36-4/h5-6,13-16,18,20,27H,7-12H2,1-4H3,(H,29,31)(H,30,34);4-5,12-15,17,19,26,33H,6-11H2,1-3H3,(H,28,30)(H,29,34);2*6,9-10,12-13,16-17,26,33H,5,7-8,11,14-15H2,1-4H3,(H,27,34)(H,29,30)/t16?,18-,20-,26?;15?,17-,19-,25?;16-,17+;16-,17-/m1110/s1. The van der Waals surface area contributed by atoms with Gasteiger partial charge in [-0.3, -0.25) is 38.4 Å². The van der Waals surface area contributed by atoms with Crippen LogP contribution in [0.4, 0.5) is 69.3 Å². The zero-order chi connectivity index (χ0) is 103. The molecule has 778 valence electrons. The maximum Gasteiger partial charge on any atom is 0.274 e. The summed E-state index contributed by atoms with van der Waals surface area (Å²) in [5.74, 6) is 2.82. The lowest BCUT2D eigenvalue weighted by Gasteiger charge is -2.36. The Labute approximate surface area is 838 Å². The number of rotatable bonds is 33. The number of methoxy groups -OCH3 is 5. The quantitative estimate of drug-likeness (QED) is 0.0182. The molecule has 6 aliphatic carbocycles. The van der Waals surface area contributed by atoms with Crippen LogP contribution in [-0.2, 0) is 23.7 Å². The lowest BCUT2D eigenvalue weighted by Crippen LogP contribution is -2.51. The van der Waals surface area contributed by atoms with E-state index in [9.17, 15) is 53.7 Å². The van der Waals surface area contributed by atoms with Gasteiger partial charge < -0.3 is 121 Å². The van der Waals surface area contributed by atoms with E-state index in [-0.39, 0.29) is 125 Å². The number of hydrogen-bond acceptors (Lipinski definition) is 32. The summed E-state index contributed by atoms with van der Waals surface area (Å²) < 4.78 is 41.1. The summed E-state index contributed by atoms with van der Waals surface area (Å²) >= 11 is 0. The van der Waals surface area contributed by atoms with Gasteiger partial charge in [-0.1, -0.05) is 27.7 Å². The summed E-state index contributed by atoms with van der Waals surface area (Å²) in [5.41, 5.74) is 2.60. The van der Waals surface area contributed by atoms with E-state index in [1.54, 1.807) is 135 Å².